The summed E-state index contributed by atoms with van der Waals surface area (Å²) in [6, 6.07) is 6.47. The maximum absolute atomic E-state index is 11.5. The molecule has 90 valence electrons. The van der Waals surface area contributed by atoms with Crippen molar-refractivity contribution < 1.29 is 8.42 Å². The van der Waals surface area contributed by atoms with E-state index in [2.05, 4.69) is 25.8 Å². The van der Waals surface area contributed by atoms with Crippen LogP contribution in [0.25, 0.3) is 5.69 Å². The van der Waals surface area contributed by atoms with E-state index in [0.717, 1.165) is 10.2 Å². The molecule has 0 atom stereocenters. The molecular formula is C10H10BrN3O2S. The second kappa shape index (κ2) is 4.59. The van der Waals surface area contributed by atoms with Crippen molar-refractivity contribution in [1.82, 2.24) is 14.5 Å². The Labute approximate surface area is 108 Å². The number of rotatable bonds is 3. The van der Waals surface area contributed by atoms with E-state index in [9.17, 15) is 8.42 Å². The first-order valence-electron chi connectivity index (χ1n) is 4.77. The Morgan fingerprint density at radius 2 is 1.94 bits per heavy atom. The number of hydrogen-bond acceptors (Lipinski definition) is 3. The minimum Gasteiger partial charge on any atom is -0.240 e. The van der Waals surface area contributed by atoms with Gasteiger partial charge in [-0.15, -0.1) is 0 Å². The highest BCUT2D eigenvalue weighted by molar-refractivity contribution is 9.10. The van der Waals surface area contributed by atoms with Crippen LogP contribution in [-0.2, 0) is 10.0 Å². The van der Waals surface area contributed by atoms with Crippen molar-refractivity contribution in [2.75, 3.05) is 7.05 Å². The third-order valence-corrected chi connectivity index (χ3v) is 4.07. The van der Waals surface area contributed by atoms with Crippen molar-refractivity contribution in [2.45, 2.75) is 4.90 Å². The largest absolute Gasteiger partial charge is 0.240 e. The summed E-state index contributed by atoms with van der Waals surface area (Å²) in [6.45, 7) is 0. The van der Waals surface area contributed by atoms with E-state index < -0.39 is 10.0 Å². The molecule has 1 aromatic heterocycles. The van der Waals surface area contributed by atoms with Gasteiger partial charge < -0.3 is 0 Å². The molecule has 0 amide bonds. The molecule has 0 fully saturated rings. The molecule has 2 aromatic rings. The predicted octanol–water partition coefficient (Wildman–Crippen LogP) is 1.54. The number of hydrogen-bond donors (Lipinski definition) is 1. The molecule has 0 aliphatic rings. The van der Waals surface area contributed by atoms with Crippen LogP contribution >= 0.6 is 15.9 Å². The first kappa shape index (κ1) is 12.3. The molecule has 0 radical (unpaired) electrons. The highest BCUT2D eigenvalue weighted by Gasteiger charge is 2.10. The Bertz CT molecular complexity index is 619. The topological polar surface area (TPSA) is 64.0 Å². The van der Waals surface area contributed by atoms with Crippen LogP contribution in [-0.4, -0.2) is 25.2 Å². The van der Waals surface area contributed by atoms with Crippen molar-refractivity contribution in [3.05, 3.63) is 41.1 Å². The van der Waals surface area contributed by atoms with Crippen LogP contribution in [0.4, 0.5) is 0 Å². The third-order valence-electron chi connectivity index (χ3n) is 2.23. The van der Waals surface area contributed by atoms with Gasteiger partial charge in [0.2, 0.25) is 10.0 Å². The van der Waals surface area contributed by atoms with Gasteiger partial charge in [0.15, 0.2) is 0 Å². The predicted molar refractivity (Wildman–Crippen MR) is 67.5 cm³/mol. The lowest BCUT2D eigenvalue weighted by molar-refractivity contribution is 0.588. The molecule has 0 spiro atoms. The molecule has 0 aliphatic heterocycles. The number of nitrogens with one attached hydrogen (secondary N) is 1. The van der Waals surface area contributed by atoms with Gasteiger partial charge in [0, 0.05) is 6.20 Å². The maximum atomic E-state index is 11.5. The third kappa shape index (κ3) is 2.56. The fourth-order valence-electron chi connectivity index (χ4n) is 1.34. The van der Waals surface area contributed by atoms with Crippen molar-refractivity contribution in [3.63, 3.8) is 0 Å². The molecule has 0 unspecified atom stereocenters. The molecule has 17 heavy (non-hydrogen) atoms. The number of sulfonamides is 1. The van der Waals surface area contributed by atoms with Crippen LogP contribution in [0.5, 0.6) is 0 Å². The first-order chi connectivity index (χ1) is 8.03. The zero-order valence-electron chi connectivity index (χ0n) is 8.96. The van der Waals surface area contributed by atoms with Gasteiger partial charge in [-0.2, -0.15) is 5.10 Å². The lowest BCUT2D eigenvalue weighted by Gasteiger charge is -2.04. The van der Waals surface area contributed by atoms with Crippen LogP contribution in [0.3, 0.4) is 0 Å². The van der Waals surface area contributed by atoms with Crippen molar-refractivity contribution >= 4 is 26.0 Å². The second-order valence-electron chi connectivity index (χ2n) is 3.30. The molecule has 0 aliphatic carbocycles. The Balaban J connectivity index is 2.37. The van der Waals surface area contributed by atoms with Crippen LogP contribution in [0.1, 0.15) is 0 Å². The van der Waals surface area contributed by atoms with E-state index in [0.29, 0.717) is 0 Å². The van der Waals surface area contributed by atoms with Gasteiger partial charge >= 0.3 is 0 Å². The van der Waals surface area contributed by atoms with E-state index in [1.165, 1.54) is 19.2 Å². The summed E-state index contributed by atoms with van der Waals surface area (Å²) in [5.74, 6) is 0. The smallest absolute Gasteiger partial charge is 0.240 e. The van der Waals surface area contributed by atoms with Gasteiger partial charge in [-0.25, -0.2) is 17.8 Å². The number of benzene rings is 1. The minimum atomic E-state index is -3.38. The number of aromatic nitrogens is 2. The van der Waals surface area contributed by atoms with Gasteiger partial charge in [0.1, 0.15) is 0 Å². The fourth-order valence-corrected chi connectivity index (χ4v) is 2.35. The van der Waals surface area contributed by atoms with E-state index in [1.54, 1.807) is 29.2 Å². The standard InChI is InChI=1S/C10H10BrN3O2S/c1-12-17(15,16)10-4-2-9(3-5-10)14-7-8(11)6-13-14/h2-7,12H,1H3. The van der Waals surface area contributed by atoms with Crippen molar-refractivity contribution in [2.24, 2.45) is 0 Å². The zero-order valence-corrected chi connectivity index (χ0v) is 11.4. The normalized spacial score (nSPS) is 11.6. The Morgan fingerprint density at radius 1 is 1.29 bits per heavy atom. The van der Waals surface area contributed by atoms with E-state index in [1.807, 2.05) is 0 Å². The molecule has 7 heteroatoms. The fraction of sp³-hybridized carbons (Fsp3) is 0.100. The monoisotopic (exact) mass is 315 g/mol. The molecule has 2 rings (SSSR count). The van der Waals surface area contributed by atoms with Gasteiger partial charge in [0.05, 0.1) is 21.3 Å². The molecule has 1 N–H and O–H groups in total. The van der Waals surface area contributed by atoms with Crippen LogP contribution in [0.15, 0.2) is 46.0 Å². The minimum absolute atomic E-state index is 0.231. The summed E-state index contributed by atoms with van der Waals surface area (Å²) in [6.07, 6.45) is 3.46. The number of halogens is 1. The van der Waals surface area contributed by atoms with E-state index in [4.69, 9.17) is 0 Å². The van der Waals surface area contributed by atoms with E-state index >= 15 is 0 Å². The van der Waals surface area contributed by atoms with E-state index in [-0.39, 0.29) is 4.90 Å². The summed E-state index contributed by atoms with van der Waals surface area (Å²) < 4.78 is 27.8. The number of nitrogens with zero attached hydrogens (tertiary/aromatic N) is 2. The molecule has 0 bridgehead atoms. The van der Waals surface area contributed by atoms with Crippen LogP contribution in [0, 0.1) is 0 Å². The SMILES string of the molecule is CNS(=O)(=O)c1ccc(-n2cc(Br)cn2)cc1. The Morgan fingerprint density at radius 3 is 2.41 bits per heavy atom. The van der Waals surface area contributed by atoms with Crippen LogP contribution in [0.2, 0.25) is 0 Å². The molecule has 5 nitrogen and oxygen atoms in total. The first-order valence-corrected chi connectivity index (χ1v) is 7.05. The summed E-state index contributed by atoms with van der Waals surface area (Å²) in [5.41, 5.74) is 0.797. The van der Waals surface area contributed by atoms with Crippen molar-refractivity contribution in [1.29, 1.82) is 0 Å². The summed E-state index contributed by atoms with van der Waals surface area (Å²) >= 11 is 3.30. The Hall–Kier alpha value is -1.18. The summed E-state index contributed by atoms with van der Waals surface area (Å²) in [5, 5.41) is 4.10. The van der Waals surface area contributed by atoms with Gasteiger partial charge in [-0.1, -0.05) is 0 Å². The summed E-state index contributed by atoms with van der Waals surface area (Å²) in [7, 11) is -2.00. The lowest BCUT2D eigenvalue weighted by atomic mass is 10.3. The van der Waals surface area contributed by atoms with Gasteiger partial charge in [0.25, 0.3) is 0 Å². The summed E-state index contributed by atoms with van der Waals surface area (Å²) in [4.78, 5) is 0.231. The average Bonchev–Trinajstić information content (AvgIpc) is 2.76. The van der Waals surface area contributed by atoms with Gasteiger partial charge in [-0.3, -0.25) is 0 Å². The Kier molecular flexibility index (Phi) is 3.32. The molecule has 0 saturated heterocycles. The molecular weight excluding hydrogens is 306 g/mol. The highest BCUT2D eigenvalue weighted by Crippen LogP contribution is 2.15. The highest BCUT2D eigenvalue weighted by atomic mass is 79.9. The molecule has 1 aromatic carbocycles. The quantitative estimate of drug-likeness (QED) is 0.934. The molecule has 1 heterocycles. The van der Waals surface area contributed by atoms with Crippen LogP contribution < -0.4 is 4.72 Å². The second-order valence-corrected chi connectivity index (χ2v) is 6.11. The average molecular weight is 316 g/mol. The van der Waals surface area contributed by atoms with Crippen molar-refractivity contribution in [3.8, 4) is 5.69 Å². The molecule has 0 saturated carbocycles. The lowest BCUT2D eigenvalue weighted by Crippen LogP contribution is -2.18. The maximum Gasteiger partial charge on any atom is 0.240 e. The zero-order chi connectivity index (χ0) is 12.5. The van der Waals surface area contributed by atoms with Gasteiger partial charge in [-0.05, 0) is 47.2 Å².